The third kappa shape index (κ3) is 4.12. The molecule has 1 aliphatic heterocycles. The maximum absolute atomic E-state index is 12.7. The predicted molar refractivity (Wildman–Crippen MR) is 78.9 cm³/mol. The summed E-state index contributed by atoms with van der Waals surface area (Å²) in [5.41, 5.74) is -3.04. The molecule has 6 nitrogen and oxygen atoms in total. The van der Waals surface area contributed by atoms with Gasteiger partial charge in [0.05, 0.1) is 11.5 Å². The summed E-state index contributed by atoms with van der Waals surface area (Å²) in [5.74, 6) is -1.28. The Morgan fingerprint density at radius 2 is 2.17 bits per heavy atom. The lowest BCUT2D eigenvalue weighted by atomic mass is 10.0. The minimum Gasteiger partial charge on any atom is -0.493 e. The lowest BCUT2D eigenvalue weighted by molar-refractivity contribution is -0.137. The topological polar surface area (TPSA) is 78.9 Å². The van der Waals surface area contributed by atoms with E-state index >= 15 is 0 Å². The van der Waals surface area contributed by atoms with Gasteiger partial charge < -0.3 is 9.64 Å². The van der Waals surface area contributed by atoms with E-state index in [1.54, 1.807) is 6.92 Å². The van der Waals surface area contributed by atoms with Gasteiger partial charge in [-0.15, -0.1) is 0 Å². The number of hydrogen-bond acceptors (Lipinski definition) is 5. The van der Waals surface area contributed by atoms with Crippen LogP contribution in [0.3, 0.4) is 0 Å². The number of carbonyl (C=O) groups is 2. The molecule has 132 valence electrons. The third-order valence-electron chi connectivity index (χ3n) is 3.41. The van der Waals surface area contributed by atoms with Gasteiger partial charge in [0.2, 0.25) is 0 Å². The van der Waals surface area contributed by atoms with Gasteiger partial charge in [-0.25, -0.2) is 5.48 Å². The van der Waals surface area contributed by atoms with Crippen molar-refractivity contribution in [2.45, 2.75) is 29.8 Å². The summed E-state index contributed by atoms with van der Waals surface area (Å²) in [6.45, 7) is 2.11. The Morgan fingerprint density at radius 1 is 1.46 bits per heavy atom. The second-order valence-electron chi connectivity index (χ2n) is 4.92. The summed E-state index contributed by atoms with van der Waals surface area (Å²) in [6, 6.07) is 2.91. The normalized spacial score (nSPS) is 17.2. The van der Waals surface area contributed by atoms with Crippen molar-refractivity contribution in [1.82, 2.24) is 10.4 Å². The van der Waals surface area contributed by atoms with E-state index in [1.165, 1.54) is 22.5 Å². The molecule has 1 saturated heterocycles. The quantitative estimate of drug-likeness (QED) is 0.477. The number of hydroxylamine groups is 1. The van der Waals surface area contributed by atoms with E-state index in [0.717, 1.165) is 6.07 Å². The fraction of sp³-hybridized carbons (Fsp3) is 0.429. The summed E-state index contributed by atoms with van der Waals surface area (Å²) in [7, 11) is 0. The van der Waals surface area contributed by atoms with E-state index in [-0.39, 0.29) is 41.1 Å². The summed E-state index contributed by atoms with van der Waals surface area (Å²) in [4.78, 5) is 24.7. The molecule has 0 bridgehead atoms. The zero-order valence-electron chi connectivity index (χ0n) is 12.6. The number of benzene rings is 1. The first-order valence-corrected chi connectivity index (χ1v) is 7.86. The Hall–Kier alpha value is -1.94. The van der Waals surface area contributed by atoms with Crippen molar-refractivity contribution >= 4 is 23.6 Å². The molecule has 24 heavy (non-hydrogen) atoms. The molecule has 0 aromatic heterocycles. The molecule has 1 atom stereocenters. The molecule has 2 N–H and O–H groups in total. The summed E-state index contributed by atoms with van der Waals surface area (Å²) < 4.78 is 43.2. The van der Waals surface area contributed by atoms with Crippen molar-refractivity contribution < 1.29 is 32.7 Å². The Bertz CT molecular complexity index is 639. The number of ether oxygens (including phenoxy) is 1. The predicted octanol–water partition coefficient (Wildman–Crippen LogP) is 2.42. The fourth-order valence-corrected chi connectivity index (χ4v) is 2.93. The Morgan fingerprint density at radius 3 is 2.67 bits per heavy atom. The fourth-order valence-electron chi connectivity index (χ4n) is 2.26. The number of nitrogens with zero attached hydrogens (tertiary/aromatic N) is 1. The van der Waals surface area contributed by atoms with Gasteiger partial charge in [-0.3, -0.25) is 14.8 Å². The zero-order valence-corrected chi connectivity index (χ0v) is 13.4. The van der Waals surface area contributed by atoms with Crippen LogP contribution in [0.5, 0.6) is 5.75 Å². The van der Waals surface area contributed by atoms with E-state index < -0.39 is 23.4 Å². The van der Waals surface area contributed by atoms with E-state index in [0.29, 0.717) is 6.42 Å². The first-order valence-electron chi connectivity index (χ1n) is 7.04. The number of rotatable bonds is 5. The molecule has 0 unspecified atom stereocenters. The Labute approximate surface area is 139 Å². The van der Waals surface area contributed by atoms with Crippen LogP contribution in [0.15, 0.2) is 23.1 Å². The zero-order chi connectivity index (χ0) is 17.9. The first kappa shape index (κ1) is 18.4. The van der Waals surface area contributed by atoms with Crippen LogP contribution in [0.1, 0.15) is 23.7 Å². The van der Waals surface area contributed by atoms with Crippen LogP contribution in [0, 0.1) is 0 Å². The number of hydrogen-bond donors (Lipinski definition) is 2. The SMILES string of the molecule is CCOc1ccc(C(=O)N2CC[C@@H]2C(=O)NO)cc1SC(F)(F)F. The van der Waals surface area contributed by atoms with Gasteiger partial charge in [0.15, 0.2) is 0 Å². The maximum Gasteiger partial charge on any atom is 0.446 e. The molecule has 1 heterocycles. The molecule has 2 amide bonds. The Kier molecular flexibility index (Phi) is 5.60. The molecule has 2 rings (SSSR count). The number of amides is 2. The molecular formula is C14H15F3N2O4S. The molecular weight excluding hydrogens is 349 g/mol. The minimum atomic E-state index is -4.52. The maximum atomic E-state index is 12.7. The summed E-state index contributed by atoms with van der Waals surface area (Å²) in [6.07, 6.45) is 0.374. The highest BCUT2D eigenvalue weighted by molar-refractivity contribution is 8.00. The molecule has 0 radical (unpaired) electrons. The second kappa shape index (κ2) is 7.31. The standard InChI is InChI=1S/C14H15F3N2O4S/c1-2-23-10-4-3-8(7-11(10)24-14(15,16)17)13(21)19-6-5-9(19)12(20)18-22/h3-4,7,9,22H,2,5-6H2,1H3,(H,18,20)/t9-/m1/s1. The number of halogens is 3. The molecule has 1 fully saturated rings. The minimum absolute atomic E-state index is 0.0145. The molecule has 0 saturated carbocycles. The van der Waals surface area contributed by atoms with Gasteiger partial charge in [-0.2, -0.15) is 13.2 Å². The molecule has 1 aromatic rings. The number of thioether (sulfide) groups is 1. The lowest BCUT2D eigenvalue weighted by Gasteiger charge is -2.39. The summed E-state index contributed by atoms with van der Waals surface area (Å²) >= 11 is -0.367. The van der Waals surface area contributed by atoms with Gasteiger partial charge in [0, 0.05) is 12.1 Å². The van der Waals surface area contributed by atoms with Crippen molar-refractivity contribution in [2.24, 2.45) is 0 Å². The van der Waals surface area contributed by atoms with Gasteiger partial charge in [0.1, 0.15) is 11.8 Å². The smallest absolute Gasteiger partial charge is 0.446 e. The van der Waals surface area contributed by atoms with Crippen LogP contribution in [0.2, 0.25) is 0 Å². The average molecular weight is 364 g/mol. The van der Waals surface area contributed by atoms with Gasteiger partial charge in [0.25, 0.3) is 11.8 Å². The average Bonchev–Trinajstić information content (AvgIpc) is 2.46. The van der Waals surface area contributed by atoms with Gasteiger partial charge >= 0.3 is 5.51 Å². The molecule has 10 heteroatoms. The van der Waals surface area contributed by atoms with Crippen LogP contribution in [0.25, 0.3) is 0 Å². The highest BCUT2D eigenvalue weighted by Crippen LogP contribution is 2.42. The van der Waals surface area contributed by atoms with Gasteiger partial charge in [-0.1, -0.05) is 0 Å². The van der Waals surface area contributed by atoms with E-state index in [9.17, 15) is 22.8 Å². The van der Waals surface area contributed by atoms with Crippen LogP contribution in [0.4, 0.5) is 13.2 Å². The van der Waals surface area contributed by atoms with Gasteiger partial charge in [-0.05, 0) is 43.3 Å². The third-order valence-corrected chi connectivity index (χ3v) is 4.18. The lowest BCUT2D eigenvalue weighted by Crippen LogP contribution is -2.57. The molecule has 0 spiro atoms. The van der Waals surface area contributed by atoms with Crippen molar-refractivity contribution in [3.8, 4) is 5.75 Å². The van der Waals surface area contributed by atoms with E-state index in [1.807, 2.05) is 0 Å². The van der Waals surface area contributed by atoms with Crippen LogP contribution in [-0.2, 0) is 4.79 Å². The van der Waals surface area contributed by atoms with Crippen molar-refractivity contribution in [3.63, 3.8) is 0 Å². The number of likely N-dealkylation sites (tertiary alicyclic amines) is 1. The van der Waals surface area contributed by atoms with Crippen molar-refractivity contribution in [2.75, 3.05) is 13.2 Å². The van der Waals surface area contributed by atoms with Crippen molar-refractivity contribution in [3.05, 3.63) is 23.8 Å². The first-order chi connectivity index (χ1) is 11.3. The number of alkyl halides is 3. The molecule has 1 aliphatic rings. The number of nitrogens with one attached hydrogen (secondary N) is 1. The molecule has 0 aliphatic carbocycles. The highest BCUT2D eigenvalue weighted by Gasteiger charge is 2.38. The monoisotopic (exact) mass is 364 g/mol. The van der Waals surface area contributed by atoms with E-state index in [4.69, 9.17) is 9.94 Å². The van der Waals surface area contributed by atoms with Crippen molar-refractivity contribution in [1.29, 1.82) is 0 Å². The van der Waals surface area contributed by atoms with E-state index in [2.05, 4.69) is 0 Å². The largest absolute Gasteiger partial charge is 0.493 e. The number of carbonyl (C=O) groups excluding carboxylic acids is 2. The van der Waals surface area contributed by atoms with Crippen LogP contribution >= 0.6 is 11.8 Å². The second-order valence-corrected chi connectivity index (χ2v) is 6.03. The summed E-state index contributed by atoms with van der Waals surface area (Å²) in [5, 5.41) is 8.63. The highest BCUT2D eigenvalue weighted by atomic mass is 32.2. The van der Waals surface area contributed by atoms with Crippen LogP contribution in [-0.4, -0.2) is 46.6 Å². The molecule has 1 aromatic carbocycles. The van der Waals surface area contributed by atoms with Crippen LogP contribution < -0.4 is 10.2 Å². The Balaban J connectivity index is 2.25.